The Morgan fingerprint density at radius 3 is 2.52 bits per heavy atom. The Labute approximate surface area is 151 Å². The second kappa shape index (κ2) is 6.93. The summed E-state index contributed by atoms with van der Waals surface area (Å²) in [5, 5.41) is 9.55. The van der Waals surface area contributed by atoms with Gasteiger partial charge >= 0.3 is 0 Å². The summed E-state index contributed by atoms with van der Waals surface area (Å²) in [5.41, 5.74) is 3.30. The van der Waals surface area contributed by atoms with Crippen molar-refractivity contribution in [3.8, 4) is 6.07 Å². The van der Waals surface area contributed by atoms with Gasteiger partial charge in [-0.05, 0) is 51.2 Å². The molecule has 2 saturated heterocycles. The summed E-state index contributed by atoms with van der Waals surface area (Å²) >= 11 is 0. The van der Waals surface area contributed by atoms with E-state index in [9.17, 15) is 5.26 Å². The number of nitrogens with zero attached hydrogens (tertiary/aromatic N) is 5. The summed E-state index contributed by atoms with van der Waals surface area (Å²) < 4.78 is 0. The second-order valence-corrected chi connectivity index (χ2v) is 8.01. The van der Waals surface area contributed by atoms with Crippen molar-refractivity contribution in [2.24, 2.45) is 0 Å². The summed E-state index contributed by atoms with van der Waals surface area (Å²) in [7, 11) is 0. The number of aromatic nitrogens is 1. The van der Waals surface area contributed by atoms with Gasteiger partial charge in [0.25, 0.3) is 0 Å². The average molecular weight is 339 g/mol. The van der Waals surface area contributed by atoms with E-state index in [4.69, 9.17) is 4.98 Å². The second-order valence-electron chi connectivity index (χ2n) is 8.01. The highest BCUT2D eigenvalue weighted by atomic mass is 15.4. The number of aryl methyl sites for hydroxylation is 2. The molecule has 4 rings (SSSR count). The maximum atomic E-state index is 9.55. The molecule has 25 heavy (non-hydrogen) atoms. The quantitative estimate of drug-likeness (QED) is 0.843. The Bertz CT molecular complexity index is 663. The third-order valence-electron chi connectivity index (χ3n) is 6.16. The molecule has 0 N–H and O–H groups in total. The van der Waals surface area contributed by atoms with Crippen LogP contribution in [0, 0.1) is 11.3 Å². The molecule has 1 aromatic heterocycles. The number of nitriles is 1. The molecule has 0 saturated carbocycles. The fourth-order valence-electron chi connectivity index (χ4n) is 4.42. The topological polar surface area (TPSA) is 46.4 Å². The van der Waals surface area contributed by atoms with Gasteiger partial charge in [0.15, 0.2) is 0 Å². The molecule has 3 heterocycles. The van der Waals surface area contributed by atoms with Crippen LogP contribution in [-0.2, 0) is 12.8 Å². The summed E-state index contributed by atoms with van der Waals surface area (Å²) in [4.78, 5) is 12.4. The number of anilines is 1. The smallest absolute Gasteiger partial charge is 0.146 e. The lowest BCUT2D eigenvalue weighted by Crippen LogP contribution is -2.64. The Kier molecular flexibility index (Phi) is 4.66. The van der Waals surface area contributed by atoms with Crippen molar-refractivity contribution >= 4 is 5.82 Å². The molecular formula is C20H29N5. The van der Waals surface area contributed by atoms with Crippen LogP contribution in [0.4, 0.5) is 5.82 Å². The summed E-state index contributed by atoms with van der Waals surface area (Å²) in [6, 6.07) is 5.76. The summed E-state index contributed by atoms with van der Waals surface area (Å²) in [6.45, 7) is 11.3. The highest BCUT2D eigenvalue weighted by Crippen LogP contribution is 2.30. The fourth-order valence-corrected chi connectivity index (χ4v) is 4.42. The Morgan fingerprint density at radius 1 is 1.12 bits per heavy atom. The first-order valence-corrected chi connectivity index (χ1v) is 9.81. The first kappa shape index (κ1) is 16.8. The summed E-state index contributed by atoms with van der Waals surface area (Å²) in [6.07, 6.45) is 4.61. The number of hydrogen-bond donors (Lipinski definition) is 0. The molecule has 0 radical (unpaired) electrons. The molecule has 0 unspecified atom stereocenters. The first-order valence-electron chi connectivity index (χ1n) is 9.81. The molecular weight excluding hydrogens is 310 g/mol. The predicted molar refractivity (Wildman–Crippen MR) is 99.9 cm³/mol. The molecule has 0 atom stereocenters. The fraction of sp³-hybridized carbons (Fsp3) is 0.700. The lowest BCUT2D eigenvalue weighted by Gasteiger charge is -2.49. The van der Waals surface area contributed by atoms with E-state index >= 15 is 0 Å². The number of piperazine rings is 1. The van der Waals surface area contributed by atoms with Gasteiger partial charge in [0.1, 0.15) is 11.9 Å². The van der Waals surface area contributed by atoms with Gasteiger partial charge in [-0.2, -0.15) is 5.26 Å². The Morgan fingerprint density at radius 2 is 1.84 bits per heavy atom. The zero-order chi connectivity index (χ0) is 17.4. The molecule has 0 amide bonds. The number of pyridine rings is 1. The Hall–Kier alpha value is -1.64. The van der Waals surface area contributed by atoms with Gasteiger partial charge in [-0.1, -0.05) is 0 Å². The predicted octanol–water partition coefficient (Wildman–Crippen LogP) is 2.05. The largest absolute Gasteiger partial charge is 0.352 e. The van der Waals surface area contributed by atoms with E-state index in [1.54, 1.807) is 0 Å². The normalized spacial score (nSPS) is 22.6. The molecule has 0 bridgehead atoms. The van der Waals surface area contributed by atoms with Crippen LogP contribution in [0.1, 0.15) is 43.5 Å². The lowest BCUT2D eigenvalue weighted by atomic mass is 9.94. The minimum absolute atomic E-state index is 0.624. The molecule has 1 aliphatic carbocycles. The third kappa shape index (κ3) is 3.26. The maximum Gasteiger partial charge on any atom is 0.146 e. The van der Waals surface area contributed by atoms with E-state index in [0.717, 1.165) is 37.3 Å². The standard InChI is InChI=1S/C20H29N5/c1-15(2)23-7-9-24(10-8-23)18-13-25(14-18)20-17(12-21)11-16-5-3-4-6-19(16)22-20/h11,15,18H,3-10,13-14H2,1-2H3. The van der Waals surface area contributed by atoms with Gasteiger partial charge in [0.2, 0.25) is 0 Å². The average Bonchev–Trinajstić information content (AvgIpc) is 2.60. The maximum absolute atomic E-state index is 9.55. The molecule has 134 valence electrons. The van der Waals surface area contributed by atoms with Gasteiger partial charge in [0.05, 0.1) is 5.56 Å². The summed E-state index contributed by atoms with van der Waals surface area (Å²) in [5.74, 6) is 0.931. The highest BCUT2D eigenvalue weighted by molar-refractivity contribution is 5.58. The highest BCUT2D eigenvalue weighted by Gasteiger charge is 2.35. The molecule has 5 heteroatoms. The van der Waals surface area contributed by atoms with Gasteiger partial charge in [0, 0.05) is 57.0 Å². The van der Waals surface area contributed by atoms with Crippen LogP contribution in [0.25, 0.3) is 0 Å². The van der Waals surface area contributed by atoms with Crippen molar-refractivity contribution in [2.75, 3.05) is 44.2 Å². The van der Waals surface area contributed by atoms with Gasteiger partial charge in [-0.15, -0.1) is 0 Å². The molecule has 0 spiro atoms. The van der Waals surface area contributed by atoms with Crippen LogP contribution in [0.2, 0.25) is 0 Å². The van der Waals surface area contributed by atoms with E-state index in [-0.39, 0.29) is 0 Å². The zero-order valence-electron chi connectivity index (χ0n) is 15.5. The monoisotopic (exact) mass is 339 g/mol. The van der Waals surface area contributed by atoms with E-state index in [2.05, 4.69) is 40.7 Å². The SMILES string of the molecule is CC(C)N1CCN(C2CN(c3nc4c(cc3C#N)CCCC4)C2)CC1. The molecule has 0 aromatic carbocycles. The number of hydrogen-bond acceptors (Lipinski definition) is 5. The van der Waals surface area contributed by atoms with Crippen molar-refractivity contribution < 1.29 is 0 Å². The zero-order valence-corrected chi connectivity index (χ0v) is 15.5. The molecule has 2 fully saturated rings. The van der Waals surface area contributed by atoms with E-state index in [1.807, 2.05) is 0 Å². The number of fused-ring (bicyclic) bond motifs is 1. The minimum atomic E-state index is 0.624. The van der Waals surface area contributed by atoms with Gasteiger partial charge < -0.3 is 4.90 Å². The van der Waals surface area contributed by atoms with E-state index in [1.165, 1.54) is 50.3 Å². The van der Waals surface area contributed by atoms with Gasteiger partial charge in [-0.3, -0.25) is 9.80 Å². The Balaban J connectivity index is 1.40. The van der Waals surface area contributed by atoms with E-state index < -0.39 is 0 Å². The van der Waals surface area contributed by atoms with Crippen LogP contribution in [-0.4, -0.2) is 66.1 Å². The van der Waals surface area contributed by atoms with Crippen LogP contribution < -0.4 is 4.90 Å². The van der Waals surface area contributed by atoms with Crippen LogP contribution >= 0.6 is 0 Å². The van der Waals surface area contributed by atoms with Crippen molar-refractivity contribution in [1.29, 1.82) is 5.26 Å². The van der Waals surface area contributed by atoms with Crippen molar-refractivity contribution in [3.05, 3.63) is 22.9 Å². The van der Waals surface area contributed by atoms with Crippen molar-refractivity contribution in [1.82, 2.24) is 14.8 Å². The first-order chi connectivity index (χ1) is 12.2. The lowest BCUT2D eigenvalue weighted by molar-refractivity contribution is 0.0676. The van der Waals surface area contributed by atoms with Crippen molar-refractivity contribution in [3.63, 3.8) is 0 Å². The molecule has 3 aliphatic rings. The molecule has 1 aromatic rings. The van der Waals surface area contributed by atoms with Crippen LogP contribution in [0.3, 0.4) is 0 Å². The van der Waals surface area contributed by atoms with Crippen molar-refractivity contribution in [2.45, 2.75) is 51.6 Å². The number of rotatable bonds is 3. The van der Waals surface area contributed by atoms with Gasteiger partial charge in [-0.25, -0.2) is 4.98 Å². The minimum Gasteiger partial charge on any atom is -0.352 e. The molecule has 5 nitrogen and oxygen atoms in total. The van der Waals surface area contributed by atoms with Crippen LogP contribution in [0.5, 0.6) is 0 Å². The third-order valence-corrected chi connectivity index (χ3v) is 6.16. The van der Waals surface area contributed by atoms with E-state index in [0.29, 0.717) is 12.1 Å². The molecule has 2 aliphatic heterocycles. The van der Waals surface area contributed by atoms with Crippen LogP contribution in [0.15, 0.2) is 6.07 Å².